The zero-order valence-corrected chi connectivity index (χ0v) is 14.8. The van der Waals surface area contributed by atoms with Crippen LogP contribution in [0.25, 0.3) is 0 Å². The monoisotopic (exact) mass is 375 g/mol. The van der Waals surface area contributed by atoms with Crippen molar-refractivity contribution in [2.45, 2.75) is 81.8 Å². The smallest absolute Gasteiger partial charge is 0.315 e. The van der Waals surface area contributed by atoms with Crippen LogP contribution in [0.1, 0.15) is 39.0 Å². The van der Waals surface area contributed by atoms with Crippen molar-refractivity contribution in [1.29, 1.82) is 0 Å². The maximum absolute atomic E-state index is 12.0. The average molecular weight is 375 g/mol. The van der Waals surface area contributed by atoms with Crippen LogP contribution in [-0.2, 0) is 9.53 Å². The number of ether oxygens (including phenoxy) is 1. The lowest BCUT2D eigenvalue weighted by molar-refractivity contribution is -0.253. The molecule has 2 unspecified atom stereocenters. The first-order chi connectivity index (χ1) is 12.3. The number of hydrogen-bond acceptors (Lipinski definition) is 7. The van der Waals surface area contributed by atoms with Crippen molar-refractivity contribution in [3.63, 3.8) is 0 Å². The van der Waals surface area contributed by atoms with Gasteiger partial charge in [-0.25, -0.2) is 4.79 Å². The van der Waals surface area contributed by atoms with E-state index in [0.29, 0.717) is 6.42 Å². The molecule has 3 amide bonds. The maximum Gasteiger partial charge on any atom is 0.315 e. The van der Waals surface area contributed by atoms with Gasteiger partial charge in [0.1, 0.15) is 24.4 Å². The van der Waals surface area contributed by atoms with Crippen molar-refractivity contribution in [3.05, 3.63) is 0 Å². The number of rotatable bonds is 8. The molecule has 10 nitrogen and oxygen atoms in total. The summed E-state index contributed by atoms with van der Waals surface area (Å²) >= 11 is 0. The summed E-state index contributed by atoms with van der Waals surface area (Å²) < 4.78 is 4.99. The van der Waals surface area contributed by atoms with E-state index < -0.39 is 37.3 Å². The summed E-state index contributed by atoms with van der Waals surface area (Å²) in [7, 11) is 0. The SMILES string of the molecule is CC1NC(=O)NC1CCCCCC(=O)N[C@@H]1[C@@H](O)[C@H](O)[C@@H](CO)O[C@H]1O. The standard InChI is InChI=1S/C16H29N3O7/c1-8-9(18-16(25)17-8)5-3-2-4-6-11(21)19-12-14(23)13(22)10(7-20)26-15(12)24/h8-10,12-15,20,22-24H,2-7H2,1H3,(H,19,21)(H2,17,18,25)/t8?,9?,10-,12-,13-,14-,15-/m1/s1. The summed E-state index contributed by atoms with van der Waals surface area (Å²) in [5, 5.41) is 46.7. The minimum Gasteiger partial charge on any atom is -0.394 e. The van der Waals surface area contributed by atoms with Crippen molar-refractivity contribution >= 4 is 11.9 Å². The lowest BCUT2D eigenvalue weighted by atomic mass is 9.97. The molecule has 0 saturated carbocycles. The van der Waals surface area contributed by atoms with Crippen LogP contribution in [0.2, 0.25) is 0 Å². The molecule has 2 fully saturated rings. The summed E-state index contributed by atoms with van der Waals surface area (Å²) in [5.74, 6) is -0.365. The number of nitrogens with one attached hydrogen (secondary N) is 3. The van der Waals surface area contributed by atoms with Crippen molar-refractivity contribution < 1.29 is 34.8 Å². The van der Waals surface area contributed by atoms with Gasteiger partial charge in [-0.05, 0) is 19.8 Å². The van der Waals surface area contributed by atoms with Crippen LogP contribution < -0.4 is 16.0 Å². The number of urea groups is 1. The van der Waals surface area contributed by atoms with Crippen LogP contribution in [0, 0.1) is 0 Å². The third kappa shape index (κ3) is 5.27. The van der Waals surface area contributed by atoms with Crippen molar-refractivity contribution in [3.8, 4) is 0 Å². The molecule has 0 aromatic heterocycles. The molecule has 7 N–H and O–H groups in total. The zero-order valence-electron chi connectivity index (χ0n) is 14.8. The molecule has 0 aromatic carbocycles. The van der Waals surface area contributed by atoms with Crippen molar-refractivity contribution in [1.82, 2.24) is 16.0 Å². The molecule has 0 radical (unpaired) electrons. The molecule has 2 saturated heterocycles. The van der Waals surface area contributed by atoms with Gasteiger partial charge < -0.3 is 41.1 Å². The number of unbranched alkanes of at least 4 members (excludes halogenated alkanes) is 2. The first-order valence-corrected chi connectivity index (χ1v) is 9.00. The third-order valence-electron chi connectivity index (χ3n) is 4.93. The van der Waals surface area contributed by atoms with Crippen molar-refractivity contribution in [2.24, 2.45) is 0 Å². The first kappa shape index (κ1) is 20.8. The summed E-state index contributed by atoms with van der Waals surface area (Å²) in [6, 6.07) is -1.11. The normalized spacial score (nSPS) is 37.1. The van der Waals surface area contributed by atoms with Crippen LogP contribution in [0.15, 0.2) is 0 Å². The molecule has 26 heavy (non-hydrogen) atoms. The van der Waals surface area contributed by atoms with E-state index in [4.69, 9.17) is 9.84 Å². The molecule has 2 rings (SSSR count). The lowest BCUT2D eigenvalue weighted by Gasteiger charge is -2.40. The van der Waals surface area contributed by atoms with Gasteiger partial charge in [-0.1, -0.05) is 12.8 Å². The summed E-state index contributed by atoms with van der Waals surface area (Å²) in [6.45, 7) is 1.39. The third-order valence-corrected chi connectivity index (χ3v) is 4.93. The summed E-state index contributed by atoms with van der Waals surface area (Å²) in [5.41, 5.74) is 0. The second kappa shape index (κ2) is 9.47. The number of carbonyl (C=O) groups excluding carboxylic acids is 2. The Morgan fingerprint density at radius 3 is 2.50 bits per heavy atom. The Kier molecular flexibility index (Phi) is 7.59. The molecule has 0 spiro atoms. The second-order valence-corrected chi connectivity index (χ2v) is 6.93. The highest BCUT2D eigenvalue weighted by molar-refractivity contribution is 5.77. The number of amides is 3. The quantitative estimate of drug-likeness (QED) is 0.240. The van der Waals surface area contributed by atoms with E-state index in [0.717, 1.165) is 19.3 Å². The highest BCUT2D eigenvalue weighted by atomic mass is 16.6. The molecule has 0 bridgehead atoms. The number of aliphatic hydroxyl groups is 4. The number of aliphatic hydroxyl groups excluding tert-OH is 4. The minimum atomic E-state index is -1.51. The van der Waals surface area contributed by atoms with Gasteiger partial charge in [-0.3, -0.25) is 4.79 Å². The predicted molar refractivity (Wildman–Crippen MR) is 89.9 cm³/mol. The molecule has 150 valence electrons. The Bertz CT molecular complexity index is 492. The van der Waals surface area contributed by atoms with Gasteiger partial charge in [-0.15, -0.1) is 0 Å². The topological polar surface area (TPSA) is 160 Å². The molecule has 0 aliphatic carbocycles. The molecule has 0 aromatic rings. The van der Waals surface area contributed by atoms with Gasteiger partial charge in [0, 0.05) is 12.5 Å². The number of carbonyl (C=O) groups is 2. The van der Waals surface area contributed by atoms with Gasteiger partial charge in [0.25, 0.3) is 0 Å². The molecule has 2 aliphatic heterocycles. The second-order valence-electron chi connectivity index (χ2n) is 6.93. The molecule has 7 atom stereocenters. The molecule has 2 heterocycles. The van der Waals surface area contributed by atoms with Crippen molar-refractivity contribution in [2.75, 3.05) is 6.61 Å². The van der Waals surface area contributed by atoms with E-state index in [9.17, 15) is 24.9 Å². The maximum atomic E-state index is 12.0. The van der Waals surface area contributed by atoms with Gasteiger partial charge in [0.15, 0.2) is 6.29 Å². The molecular formula is C16H29N3O7. The Morgan fingerprint density at radius 1 is 1.15 bits per heavy atom. The van der Waals surface area contributed by atoms with Crippen LogP contribution in [-0.4, -0.2) is 81.7 Å². The Hall–Kier alpha value is -1.46. The van der Waals surface area contributed by atoms with Crippen LogP contribution in [0.5, 0.6) is 0 Å². The van der Waals surface area contributed by atoms with Crippen LogP contribution >= 0.6 is 0 Å². The van der Waals surface area contributed by atoms with E-state index in [-0.39, 0.29) is 30.4 Å². The number of hydrogen-bond donors (Lipinski definition) is 7. The summed E-state index contributed by atoms with van der Waals surface area (Å²) in [4.78, 5) is 23.2. The van der Waals surface area contributed by atoms with Crippen LogP contribution in [0.3, 0.4) is 0 Å². The Labute approximate surface area is 151 Å². The largest absolute Gasteiger partial charge is 0.394 e. The molecular weight excluding hydrogens is 346 g/mol. The van der Waals surface area contributed by atoms with Gasteiger partial charge in [-0.2, -0.15) is 0 Å². The predicted octanol–water partition coefficient (Wildman–Crippen LogP) is -2.08. The minimum absolute atomic E-state index is 0.0919. The molecule has 2 aliphatic rings. The fourth-order valence-corrected chi connectivity index (χ4v) is 3.30. The summed E-state index contributed by atoms with van der Waals surface area (Å²) in [6.07, 6.45) is -2.12. The first-order valence-electron chi connectivity index (χ1n) is 9.00. The van der Waals surface area contributed by atoms with Gasteiger partial charge >= 0.3 is 6.03 Å². The van der Waals surface area contributed by atoms with E-state index in [1.165, 1.54) is 0 Å². The highest BCUT2D eigenvalue weighted by Gasteiger charge is 2.44. The zero-order chi connectivity index (χ0) is 19.3. The Balaban J connectivity index is 1.65. The van der Waals surface area contributed by atoms with E-state index in [1.54, 1.807) is 0 Å². The average Bonchev–Trinajstić information content (AvgIpc) is 2.92. The van der Waals surface area contributed by atoms with E-state index in [1.807, 2.05) is 6.92 Å². The van der Waals surface area contributed by atoms with Crippen LogP contribution in [0.4, 0.5) is 4.79 Å². The van der Waals surface area contributed by atoms with E-state index >= 15 is 0 Å². The fourth-order valence-electron chi connectivity index (χ4n) is 3.30. The van der Waals surface area contributed by atoms with E-state index in [2.05, 4.69) is 16.0 Å². The van der Waals surface area contributed by atoms with Gasteiger partial charge in [0.05, 0.1) is 12.6 Å². The fraction of sp³-hybridized carbons (Fsp3) is 0.875. The molecule has 10 heteroatoms. The van der Waals surface area contributed by atoms with Gasteiger partial charge in [0.2, 0.25) is 5.91 Å². The highest BCUT2D eigenvalue weighted by Crippen LogP contribution is 2.20. The lowest BCUT2D eigenvalue weighted by Crippen LogP contribution is -2.64. The Morgan fingerprint density at radius 2 is 1.88 bits per heavy atom.